The molecule has 1 amide bonds. The number of nitrogens with zero attached hydrogens (tertiary/aromatic N) is 3. The number of hydrogen-bond donors (Lipinski definition) is 1. The van der Waals surface area contributed by atoms with Crippen LogP contribution in [0.25, 0.3) is 10.9 Å². The normalized spacial score (nSPS) is 15.2. The van der Waals surface area contributed by atoms with Crippen molar-refractivity contribution in [3.8, 4) is 0 Å². The number of rotatable bonds is 5. The molecule has 146 valence electrons. The van der Waals surface area contributed by atoms with Crippen LogP contribution in [0.4, 0.5) is 0 Å². The third-order valence-corrected chi connectivity index (χ3v) is 6.34. The van der Waals surface area contributed by atoms with Gasteiger partial charge in [-0.3, -0.25) is 14.2 Å². The largest absolute Gasteiger partial charge is 0.331 e. The van der Waals surface area contributed by atoms with Crippen molar-refractivity contribution in [2.75, 3.05) is 26.2 Å². The molecule has 0 aliphatic carbocycles. The maximum atomic E-state index is 12.7. The Morgan fingerprint density at radius 1 is 1.18 bits per heavy atom. The van der Waals surface area contributed by atoms with Crippen LogP contribution in [0.15, 0.2) is 46.6 Å². The highest BCUT2D eigenvalue weighted by molar-refractivity contribution is 7.09. The molecular weight excluding hydrogens is 372 g/mol. The standard InChI is InChI=1S/C21H24N4O2S/c1-23-19(22-18-7-3-2-6-17(18)21(23)27)8-9-20(26)25-12-10-24(11-13-25)15-16-5-4-14-28-16/h2-7,14H,8-13,15H2,1H3/p+1. The van der Waals surface area contributed by atoms with Gasteiger partial charge in [0.25, 0.3) is 5.56 Å². The smallest absolute Gasteiger partial charge is 0.261 e. The summed E-state index contributed by atoms with van der Waals surface area (Å²) >= 11 is 1.80. The van der Waals surface area contributed by atoms with Crippen molar-refractivity contribution in [3.05, 3.63) is 62.8 Å². The van der Waals surface area contributed by atoms with E-state index in [0.717, 1.165) is 32.7 Å². The van der Waals surface area contributed by atoms with E-state index in [-0.39, 0.29) is 11.5 Å². The summed E-state index contributed by atoms with van der Waals surface area (Å²) in [6.07, 6.45) is 0.872. The molecule has 6 nitrogen and oxygen atoms in total. The Kier molecular flexibility index (Phi) is 5.54. The zero-order valence-electron chi connectivity index (χ0n) is 16.1. The number of benzene rings is 1. The topological polar surface area (TPSA) is 59.6 Å². The number of hydrogen-bond acceptors (Lipinski definition) is 4. The molecule has 0 atom stereocenters. The van der Waals surface area contributed by atoms with Crippen LogP contribution in [0, 0.1) is 0 Å². The molecule has 1 aliphatic rings. The number of quaternary nitrogens is 1. The van der Waals surface area contributed by atoms with Gasteiger partial charge in [-0.25, -0.2) is 4.98 Å². The van der Waals surface area contributed by atoms with E-state index in [0.29, 0.717) is 29.6 Å². The Morgan fingerprint density at radius 2 is 1.96 bits per heavy atom. The molecule has 28 heavy (non-hydrogen) atoms. The average molecular weight is 398 g/mol. The van der Waals surface area contributed by atoms with Crippen molar-refractivity contribution < 1.29 is 9.69 Å². The van der Waals surface area contributed by atoms with E-state index < -0.39 is 0 Å². The average Bonchev–Trinajstić information content (AvgIpc) is 3.23. The van der Waals surface area contributed by atoms with Gasteiger partial charge in [-0.1, -0.05) is 18.2 Å². The molecule has 0 radical (unpaired) electrons. The van der Waals surface area contributed by atoms with E-state index in [1.54, 1.807) is 29.0 Å². The second-order valence-corrected chi connectivity index (χ2v) is 8.33. The predicted molar refractivity (Wildman–Crippen MR) is 111 cm³/mol. The fraction of sp³-hybridized carbons (Fsp3) is 0.381. The zero-order valence-corrected chi connectivity index (χ0v) is 16.9. The number of amides is 1. The summed E-state index contributed by atoms with van der Waals surface area (Å²) in [4.78, 5) is 34.6. The van der Waals surface area contributed by atoms with Crippen molar-refractivity contribution in [2.45, 2.75) is 19.4 Å². The number of carbonyl (C=O) groups excluding carboxylic acids is 1. The highest BCUT2D eigenvalue weighted by Crippen LogP contribution is 2.10. The molecule has 1 N–H and O–H groups in total. The van der Waals surface area contributed by atoms with Gasteiger partial charge in [-0.2, -0.15) is 0 Å². The van der Waals surface area contributed by atoms with Crippen LogP contribution in [0.5, 0.6) is 0 Å². The number of aromatic nitrogens is 2. The lowest BCUT2D eigenvalue weighted by atomic mass is 10.2. The molecule has 1 saturated heterocycles. The van der Waals surface area contributed by atoms with Crippen molar-refractivity contribution in [1.82, 2.24) is 14.5 Å². The number of aryl methyl sites for hydroxylation is 1. The molecule has 0 unspecified atom stereocenters. The zero-order chi connectivity index (χ0) is 19.5. The van der Waals surface area contributed by atoms with Gasteiger partial charge in [0.05, 0.1) is 42.0 Å². The van der Waals surface area contributed by atoms with Crippen molar-refractivity contribution >= 4 is 28.1 Å². The van der Waals surface area contributed by atoms with Gasteiger partial charge in [0.2, 0.25) is 5.91 Å². The molecule has 0 spiro atoms. The lowest BCUT2D eigenvalue weighted by molar-refractivity contribution is -0.917. The molecule has 1 aromatic carbocycles. The van der Waals surface area contributed by atoms with Crippen LogP contribution < -0.4 is 10.5 Å². The third-order valence-electron chi connectivity index (χ3n) is 5.47. The molecule has 1 aliphatic heterocycles. The first-order valence-electron chi connectivity index (χ1n) is 9.70. The van der Waals surface area contributed by atoms with Gasteiger partial charge in [-0.15, -0.1) is 11.3 Å². The molecular formula is C21H25N4O2S+. The van der Waals surface area contributed by atoms with E-state index >= 15 is 0 Å². The number of para-hydroxylation sites is 1. The number of nitrogens with one attached hydrogen (secondary N) is 1. The Bertz CT molecular complexity index is 1020. The van der Waals surface area contributed by atoms with Gasteiger partial charge in [0, 0.05) is 19.9 Å². The van der Waals surface area contributed by atoms with Gasteiger partial charge in [-0.05, 0) is 23.6 Å². The Morgan fingerprint density at radius 3 is 2.71 bits per heavy atom. The minimum atomic E-state index is -0.0566. The van der Waals surface area contributed by atoms with Crippen molar-refractivity contribution in [1.29, 1.82) is 0 Å². The first kappa shape index (κ1) is 18.8. The highest BCUT2D eigenvalue weighted by atomic mass is 32.1. The summed E-state index contributed by atoms with van der Waals surface area (Å²) in [6, 6.07) is 11.6. The van der Waals surface area contributed by atoms with Crippen molar-refractivity contribution in [3.63, 3.8) is 0 Å². The minimum Gasteiger partial charge on any atom is -0.331 e. The summed E-state index contributed by atoms with van der Waals surface area (Å²) in [5.74, 6) is 0.816. The Hall–Kier alpha value is -2.51. The fourth-order valence-electron chi connectivity index (χ4n) is 3.77. The summed E-state index contributed by atoms with van der Waals surface area (Å²) < 4.78 is 1.57. The van der Waals surface area contributed by atoms with Gasteiger partial charge >= 0.3 is 0 Å². The van der Waals surface area contributed by atoms with E-state index in [9.17, 15) is 9.59 Å². The first-order valence-corrected chi connectivity index (χ1v) is 10.6. The van der Waals surface area contributed by atoms with Crippen molar-refractivity contribution in [2.24, 2.45) is 7.05 Å². The summed E-state index contributed by atoms with van der Waals surface area (Å²) in [6.45, 7) is 4.60. The molecule has 0 saturated carbocycles. The molecule has 7 heteroatoms. The number of piperazine rings is 1. The van der Waals surface area contributed by atoms with E-state index in [4.69, 9.17) is 0 Å². The summed E-state index contributed by atoms with van der Waals surface area (Å²) in [7, 11) is 1.73. The van der Waals surface area contributed by atoms with Gasteiger partial charge in [0.1, 0.15) is 12.4 Å². The Balaban J connectivity index is 1.34. The fourth-order valence-corrected chi connectivity index (χ4v) is 4.55. The number of fused-ring (bicyclic) bond motifs is 1. The van der Waals surface area contributed by atoms with E-state index in [1.807, 2.05) is 23.1 Å². The van der Waals surface area contributed by atoms with Gasteiger partial charge < -0.3 is 9.80 Å². The molecule has 3 aromatic rings. The molecule has 2 aromatic heterocycles. The van der Waals surface area contributed by atoms with Crippen LogP contribution in [-0.4, -0.2) is 46.5 Å². The molecule has 1 fully saturated rings. The Labute approximate surface area is 168 Å². The quantitative estimate of drug-likeness (QED) is 0.695. The van der Waals surface area contributed by atoms with Crippen LogP contribution in [0.3, 0.4) is 0 Å². The van der Waals surface area contributed by atoms with Crippen LogP contribution in [-0.2, 0) is 24.8 Å². The molecule has 3 heterocycles. The van der Waals surface area contributed by atoms with E-state index in [1.165, 1.54) is 9.78 Å². The van der Waals surface area contributed by atoms with Crippen LogP contribution >= 0.6 is 11.3 Å². The molecule has 4 rings (SSSR count). The van der Waals surface area contributed by atoms with Gasteiger partial charge in [0.15, 0.2) is 0 Å². The second kappa shape index (κ2) is 8.24. The second-order valence-electron chi connectivity index (χ2n) is 7.30. The summed E-state index contributed by atoms with van der Waals surface area (Å²) in [5.41, 5.74) is 0.637. The maximum Gasteiger partial charge on any atom is 0.261 e. The van der Waals surface area contributed by atoms with Crippen LogP contribution in [0.2, 0.25) is 0 Å². The summed E-state index contributed by atoms with van der Waals surface area (Å²) in [5, 5.41) is 2.73. The lowest BCUT2D eigenvalue weighted by Gasteiger charge is -2.32. The number of thiophene rings is 1. The predicted octanol–water partition coefficient (Wildman–Crippen LogP) is 0.855. The first-order chi connectivity index (χ1) is 13.6. The molecule has 0 bridgehead atoms. The monoisotopic (exact) mass is 397 g/mol. The number of carbonyl (C=O) groups is 1. The van der Waals surface area contributed by atoms with Crippen LogP contribution in [0.1, 0.15) is 17.1 Å². The highest BCUT2D eigenvalue weighted by Gasteiger charge is 2.24. The maximum absolute atomic E-state index is 12.7. The lowest BCUT2D eigenvalue weighted by Crippen LogP contribution is -3.13. The minimum absolute atomic E-state index is 0.0566. The SMILES string of the molecule is Cn1c(CCC(=O)N2CC[NH+](Cc3cccs3)CC2)nc2ccccc2c1=O. The third kappa shape index (κ3) is 4.00. The van der Waals surface area contributed by atoms with E-state index in [2.05, 4.69) is 22.5 Å².